The Kier molecular flexibility index (Phi) is 7.31. The molecule has 1 aliphatic rings. The minimum absolute atomic E-state index is 0.0470. The fourth-order valence-electron chi connectivity index (χ4n) is 3.57. The molecule has 4 rings (SSSR count). The van der Waals surface area contributed by atoms with Crippen LogP contribution in [0.5, 0.6) is 5.75 Å². The van der Waals surface area contributed by atoms with Gasteiger partial charge in [-0.25, -0.2) is 19.1 Å². The molecule has 0 unspecified atom stereocenters. The summed E-state index contributed by atoms with van der Waals surface area (Å²) in [5, 5.41) is 0. The van der Waals surface area contributed by atoms with Gasteiger partial charge in [0.2, 0.25) is 5.62 Å². The second kappa shape index (κ2) is 10.6. The van der Waals surface area contributed by atoms with Crippen molar-refractivity contribution < 1.29 is 19.0 Å². The maximum Gasteiger partial charge on any atom is 0.335 e. The van der Waals surface area contributed by atoms with Crippen LogP contribution >= 0.6 is 0 Å². The average Bonchev–Trinajstić information content (AvgIpc) is 2.83. The Bertz CT molecular complexity index is 1370. The number of ether oxygens (including phenoxy) is 3. The number of benzene rings is 2. The lowest BCUT2D eigenvalue weighted by atomic mass is 10.1. The van der Waals surface area contributed by atoms with Crippen molar-refractivity contribution >= 4 is 11.7 Å². The van der Waals surface area contributed by atoms with Crippen molar-refractivity contribution in [3.63, 3.8) is 0 Å². The van der Waals surface area contributed by atoms with Crippen LogP contribution in [0, 0.1) is 12.8 Å². The van der Waals surface area contributed by atoms with Crippen molar-refractivity contribution in [2.24, 2.45) is 10.9 Å². The minimum Gasteiger partial charge on any atom is -0.486 e. The molecule has 35 heavy (non-hydrogen) atoms. The van der Waals surface area contributed by atoms with Crippen LogP contribution in [0.25, 0.3) is 0 Å². The number of nitrogens with one attached hydrogen (secondary N) is 1. The third-order valence-corrected chi connectivity index (χ3v) is 5.68. The number of hydrogen-bond donors (Lipinski definition) is 1. The minimum atomic E-state index is -0.678. The molecule has 10 nitrogen and oxygen atoms in total. The molecule has 10 heteroatoms. The zero-order valence-corrected chi connectivity index (χ0v) is 19.9. The Morgan fingerprint density at radius 3 is 2.40 bits per heavy atom. The van der Waals surface area contributed by atoms with Crippen LogP contribution in [0.1, 0.15) is 18.1 Å². The highest BCUT2D eigenvalue weighted by molar-refractivity contribution is 5.71. The number of carbonyl (C=O) groups is 1. The number of carbonyl (C=O) groups excluding carboxylic acids is 1. The summed E-state index contributed by atoms with van der Waals surface area (Å²) < 4.78 is 18.0. The molecule has 3 aromatic rings. The fourth-order valence-corrected chi connectivity index (χ4v) is 3.57. The lowest BCUT2D eigenvalue weighted by molar-refractivity contribution is -0.145. The molecule has 184 valence electrons. The van der Waals surface area contributed by atoms with Crippen molar-refractivity contribution in [2.45, 2.75) is 33.0 Å². The average molecular weight is 481 g/mol. The first-order valence-corrected chi connectivity index (χ1v) is 11.3. The Morgan fingerprint density at radius 1 is 1.11 bits per heavy atom. The molecule has 2 aromatic carbocycles. The Labute approximate surface area is 201 Å². The standard InChI is InChI=1S/C25H28N4O6/c1-16-4-6-18(7-5-16)13-28-23(26-19-8-10-20(11-9-19)35-21-14-34-15-21)27-24(31)29(25(28)32)12-17(2)22(30)33-3/h4-11,17,21H,12-15H2,1-3H3,(H,26,27,31)/t17-/m0/s1. The van der Waals surface area contributed by atoms with Crippen molar-refractivity contribution in [3.05, 3.63) is 86.2 Å². The summed E-state index contributed by atoms with van der Waals surface area (Å²) in [6.45, 7) is 4.77. The lowest BCUT2D eigenvalue weighted by Crippen LogP contribution is -2.51. The molecular weight excluding hydrogens is 452 g/mol. The monoisotopic (exact) mass is 480 g/mol. The highest BCUT2D eigenvalue weighted by Gasteiger charge is 2.20. The topological polar surface area (TPSA) is 117 Å². The molecule has 0 radical (unpaired) electrons. The van der Waals surface area contributed by atoms with Gasteiger partial charge in [0, 0.05) is 6.54 Å². The molecular formula is C25H28N4O6. The van der Waals surface area contributed by atoms with E-state index in [1.807, 2.05) is 31.2 Å². The SMILES string of the molecule is COC(=O)[C@@H](C)Cn1c(=O)[nH]/c(=N\c2ccc(OC3COC3)cc2)n(Cc2ccc(C)cc2)c1=O. The van der Waals surface area contributed by atoms with E-state index >= 15 is 0 Å². The molecule has 1 atom stereocenters. The van der Waals surface area contributed by atoms with Crippen LogP contribution in [0.2, 0.25) is 0 Å². The molecule has 0 bridgehead atoms. The number of methoxy groups -OCH3 is 1. The highest BCUT2D eigenvalue weighted by Crippen LogP contribution is 2.20. The molecule has 2 heterocycles. The van der Waals surface area contributed by atoms with Gasteiger partial charge in [0.25, 0.3) is 0 Å². The Hall–Kier alpha value is -3.92. The summed E-state index contributed by atoms with van der Waals surface area (Å²) in [5.74, 6) is -0.501. The summed E-state index contributed by atoms with van der Waals surface area (Å²) in [5.41, 5.74) is 1.35. The second-order valence-corrected chi connectivity index (χ2v) is 8.53. The summed E-state index contributed by atoms with van der Waals surface area (Å²) >= 11 is 0. The maximum atomic E-state index is 13.4. The van der Waals surface area contributed by atoms with E-state index in [9.17, 15) is 14.4 Å². The molecule has 1 aliphatic heterocycles. The van der Waals surface area contributed by atoms with Crippen LogP contribution < -0.4 is 21.7 Å². The van der Waals surface area contributed by atoms with Crippen LogP contribution in [-0.4, -0.2) is 46.5 Å². The number of hydrogen-bond acceptors (Lipinski definition) is 7. The van der Waals surface area contributed by atoms with E-state index in [2.05, 4.69) is 9.98 Å². The van der Waals surface area contributed by atoms with Gasteiger partial charge in [-0.2, -0.15) is 0 Å². The summed E-state index contributed by atoms with van der Waals surface area (Å²) in [7, 11) is 1.27. The lowest BCUT2D eigenvalue weighted by Gasteiger charge is -2.26. The quantitative estimate of drug-likeness (QED) is 0.489. The number of aromatic nitrogens is 3. The summed E-state index contributed by atoms with van der Waals surface area (Å²) in [4.78, 5) is 45.3. The van der Waals surface area contributed by atoms with E-state index in [0.29, 0.717) is 24.7 Å². The van der Waals surface area contributed by atoms with E-state index in [1.165, 1.54) is 11.7 Å². The molecule has 0 spiro atoms. The third-order valence-electron chi connectivity index (χ3n) is 5.68. The van der Waals surface area contributed by atoms with Crippen LogP contribution in [0.3, 0.4) is 0 Å². The Morgan fingerprint density at radius 2 is 1.80 bits per heavy atom. The van der Waals surface area contributed by atoms with Gasteiger partial charge in [0.1, 0.15) is 11.9 Å². The van der Waals surface area contributed by atoms with Crippen molar-refractivity contribution in [1.82, 2.24) is 14.1 Å². The Balaban J connectivity index is 1.74. The normalized spacial score (nSPS) is 14.9. The van der Waals surface area contributed by atoms with E-state index in [0.717, 1.165) is 15.7 Å². The van der Waals surface area contributed by atoms with Crippen molar-refractivity contribution in [2.75, 3.05) is 20.3 Å². The maximum absolute atomic E-state index is 13.4. The van der Waals surface area contributed by atoms with Crippen molar-refractivity contribution in [3.8, 4) is 5.75 Å². The van der Waals surface area contributed by atoms with Gasteiger partial charge in [0.05, 0.1) is 38.5 Å². The summed E-state index contributed by atoms with van der Waals surface area (Å²) in [6, 6.07) is 14.8. The second-order valence-electron chi connectivity index (χ2n) is 8.53. The van der Waals surface area contributed by atoms with Gasteiger partial charge >= 0.3 is 17.3 Å². The largest absolute Gasteiger partial charge is 0.486 e. The number of H-pyrrole nitrogens is 1. The molecule has 0 aliphatic carbocycles. The van der Waals surface area contributed by atoms with E-state index in [-0.39, 0.29) is 24.8 Å². The van der Waals surface area contributed by atoms with Crippen LogP contribution in [-0.2, 0) is 27.4 Å². The predicted molar refractivity (Wildman–Crippen MR) is 128 cm³/mol. The molecule has 1 N–H and O–H groups in total. The first-order valence-electron chi connectivity index (χ1n) is 11.3. The van der Waals surface area contributed by atoms with E-state index in [4.69, 9.17) is 14.2 Å². The van der Waals surface area contributed by atoms with Gasteiger partial charge in [-0.05, 0) is 36.8 Å². The van der Waals surface area contributed by atoms with Crippen LogP contribution in [0.4, 0.5) is 5.69 Å². The van der Waals surface area contributed by atoms with Crippen molar-refractivity contribution in [1.29, 1.82) is 0 Å². The number of esters is 1. The van der Waals surface area contributed by atoms with Gasteiger partial charge < -0.3 is 14.2 Å². The predicted octanol–water partition coefficient (Wildman–Crippen LogP) is 1.51. The highest BCUT2D eigenvalue weighted by atomic mass is 16.6. The molecule has 1 aromatic heterocycles. The molecule has 1 saturated heterocycles. The third kappa shape index (κ3) is 5.78. The number of rotatable bonds is 8. The van der Waals surface area contributed by atoms with Gasteiger partial charge in [-0.15, -0.1) is 0 Å². The number of aryl methyl sites for hydroxylation is 1. The van der Waals surface area contributed by atoms with Crippen LogP contribution in [0.15, 0.2) is 63.1 Å². The zero-order chi connectivity index (χ0) is 24.9. The van der Waals surface area contributed by atoms with Gasteiger partial charge in [-0.3, -0.25) is 14.3 Å². The first kappa shape index (κ1) is 24.2. The molecule has 0 saturated carbocycles. The molecule has 1 fully saturated rings. The van der Waals surface area contributed by atoms with E-state index in [1.54, 1.807) is 31.2 Å². The fraction of sp³-hybridized carbons (Fsp3) is 0.360. The van der Waals surface area contributed by atoms with Gasteiger partial charge in [-0.1, -0.05) is 36.8 Å². The number of nitrogens with zero attached hydrogens (tertiary/aromatic N) is 3. The van der Waals surface area contributed by atoms with Gasteiger partial charge in [0.15, 0.2) is 0 Å². The van der Waals surface area contributed by atoms with E-state index < -0.39 is 23.3 Å². The summed E-state index contributed by atoms with van der Waals surface area (Å²) in [6.07, 6.45) is 0.0470. The number of aromatic amines is 1. The smallest absolute Gasteiger partial charge is 0.335 e. The first-order chi connectivity index (χ1) is 16.8. The molecule has 0 amide bonds. The zero-order valence-electron chi connectivity index (χ0n) is 19.9.